The van der Waals surface area contributed by atoms with Crippen LogP contribution >= 0.6 is 15.9 Å². The fourth-order valence-electron chi connectivity index (χ4n) is 1.88. The number of hydrogen-bond acceptors (Lipinski definition) is 3. The molecule has 23 heavy (non-hydrogen) atoms. The predicted molar refractivity (Wildman–Crippen MR) is 97.5 cm³/mol. The van der Waals surface area contributed by atoms with Crippen LogP contribution in [0.3, 0.4) is 0 Å². The third kappa shape index (κ3) is 5.95. The van der Waals surface area contributed by atoms with Crippen molar-refractivity contribution in [3.8, 4) is 0 Å². The van der Waals surface area contributed by atoms with Gasteiger partial charge in [-0.15, -0.1) is 0 Å². The van der Waals surface area contributed by atoms with Crippen molar-refractivity contribution in [3.05, 3.63) is 28.2 Å². The number of benzene rings is 1. The first-order valence-corrected chi connectivity index (χ1v) is 8.44. The summed E-state index contributed by atoms with van der Waals surface area (Å²) < 4.78 is 0.918. The summed E-state index contributed by atoms with van der Waals surface area (Å²) in [6.07, 6.45) is 0.849. The van der Waals surface area contributed by atoms with E-state index in [1.807, 2.05) is 39.2 Å². The highest BCUT2D eigenvalue weighted by Crippen LogP contribution is 2.23. The van der Waals surface area contributed by atoms with E-state index < -0.39 is 5.41 Å². The molecule has 5 nitrogen and oxygen atoms in total. The molecule has 2 N–H and O–H groups in total. The highest BCUT2D eigenvalue weighted by atomic mass is 79.9. The number of rotatable bonds is 7. The number of carbonyl (C=O) groups is 2. The molecule has 0 heterocycles. The number of carbonyl (C=O) groups excluding carboxylic acids is 2. The molecular weight excluding hydrogens is 358 g/mol. The first-order chi connectivity index (χ1) is 10.6. The van der Waals surface area contributed by atoms with E-state index in [0.29, 0.717) is 12.2 Å². The molecule has 0 aromatic heterocycles. The number of amides is 2. The quantitative estimate of drug-likeness (QED) is 0.562. The zero-order valence-electron chi connectivity index (χ0n) is 14.5. The molecule has 0 saturated carbocycles. The maximum Gasteiger partial charge on any atom is 0.239 e. The Balaban J connectivity index is 2.61. The average molecular weight is 384 g/mol. The number of aryl methyl sites for hydroxylation is 1. The Hall–Kier alpha value is -1.40. The Kier molecular flexibility index (Phi) is 7.22. The van der Waals surface area contributed by atoms with Crippen molar-refractivity contribution in [1.29, 1.82) is 0 Å². The van der Waals surface area contributed by atoms with Gasteiger partial charge in [0.05, 0.1) is 0 Å². The van der Waals surface area contributed by atoms with Gasteiger partial charge in [0.1, 0.15) is 5.41 Å². The molecule has 6 heteroatoms. The van der Waals surface area contributed by atoms with E-state index in [0.717, 1.165) is 23.0 Å². The number of nitrogens with zero attached hydrogens (tertiary/aromatic N) is 1. The minimum absolute atomic E-state index is 0.264. The van der Waals surface area contributed by atoms with Crippen molar-refractivity contribution in [3.63, 3.8) is 0 Å². The highest BCUT2D eigenvalue weighted by Gasteiger charge is 2.35. The van der Waals surface area contributed by atoms with Gasteiger partial charge >= 0.3 is 0 Å². The van der Waals surface area contributed by atoms with E-state index in [4.69, 9.17) is 0 Å². The van der Waals surface area contributed by atoms with Crippen LogP contribution in [-0.2, 0) is 9.59 Å². The molecule has 2 amide bonds. The molecule has 0 bridgehead atoms. The van der Waals surface area contributed by atoms with Crippen molar-refractivity contribution in [1.82, 2.24) is 10.2 Å². The summed E-state index contributed by atoms with van der Waals surface area (Å²) in [5.74, 6) is -0.585. The van der Waals surface area contributed by atoms with Crippen LogP contribution in [0.15, 0.2) is 22.7 Å². The molecule has 0 radical (unpaired) electrons. The fraction of sp³-hybridized carbons (Fsp3) is 0.529. The minimum atomic E-state index is -1.13. The molecule has 1 aromatic carbocycles. The van der Waals surface area contributed by atoms with Crippen LogP contribution in [0.2, 0.25) is 0 Å². The summed E-state index contributed by atoms with van der Waals surface area (Å²) in [4.78, 5) is 26.7. The van der Waals surface area contributed by atoms with Crippen molar-refractivity contribution < 1.29 is 9.59 Å². The van der Waals surface area contributed by atoms with Gasteiger partial charge in [0, 0.05) is 16.7 Å². The van der Waals surface area contributed by atoms with Gasteiger partial charge in [0.15, 0.2) is 0 Å². The monoisotopic (exact) mass is 383 g/mol. The van der Waals surface area contributed by atoms with E-state index >= 15 is 0 Å². The summed E-state index contributed by atoms with van der Waals surface area (Å²) in [6, 6.07) is 5.56. The van der Waals surface area contributed by atoms with Gasteiger partial charge < -0.3 is 15.5 Å². The Morgan fingerprint density at radius 2 is 1.87 bits per heavy atom. The van der Waals surface area contributed by atoms with E-state index in [1.165, 1.54) is 0 Å². The van der Waals surface area contributed by atoms with Crippen molar-refractivity contribution in [2.45, 2.75) is 27.2 Å². The largest absolute Gasteiger partial charge is 0.355 e. The number of anilines is 1. The van der Waals surface area contributed by atoms with Gasteiger partial charge in [0.2, 0.25) is 11.8 Å². The predicted octanol–water partition coefficient (Wildman–Crippen LogP) is 2.79. The molecule has 0 aliphatic carbocycles. The summed E-state index contributed by atoms with van der Waals surface area (Å²) in [7, 11) is 3.97. The van der Waals surface area contributed by atoms with Crippen LogP contribution in [0.1, 0.15) is 25.8 Å². The van der Waals surface area contributed by atoms with Crippen LogP contribution in [0, 0.1) is 12.3 Å². The molecule has 0 spiro atoms. The van der Waals surface area contributed by atoms with Crippen LogP contribution < -0.4 is 10.6 Å². The zero-order chi connectivity index (χ0) is 17.6. The lowest BCUT2D eigenvalue weighted by Gasteiger charge is -2.23. The van der Waals surface area contributed by atoms with Crippen molar-refractivity contribution >= 4 is 33.4 Å². The van der Waals surface area contributed by atoms with E-state index in [2.05, 4.69) is 31.5 Å². The summed E-state index contributed by atoms with van der Waals surface area (Å²) in [5.41, 5.74) is 0.622. The van der Waals surface area contributed by atoms with Crippen LogP contribution in [0.4, 0.5) is 5.69 Å². The van der Waals surface area contributed by atoms with E-state index in [9.17, 15) is 9.59 Å². The maximum absolute atomic E-state index is 12.4. The molecular formula is C17H26BrN3O2. The van der Waals surface area contributed by atoms with Crippen molar-refractivity contribution in [2.75, 3.05) is 32.5 Å². The Morgan fingerprint density at radius 3 is 2.43 bits per heavy atom. The van der Waals surface area contributed by atoms with E-state index in [-0.39, 0.29) is 11.8 Å². The normalized spacial score (nSPS) is 11.4. The zero-order valence-corrected chi connectivity index (χ0v) is 16.1. The Morgan fingerprint density at radius 1 is 1.22 bits per heavy atom. The van der Waals surface area contributed by atoms with Crippen molar-refractivity contribution in [2.24, 2.45) is 5.41 Å². The molecule has 0 unspecified atom stereocenters. The SMILES string of the molecule is Cc1ccc(NC(=O)C(C)(C)C(=O)NCCCN(C)C)cc1Br. The van der Waals surface area contributed by atoms with E-state index in [1.54, 1.807) is 13.8 Å². The Labute approximate surface area is 146 Å². The lowest BCUT2D eigenvalue weighted by atomic mass is 9.91. The number of halogens is 1. The van der Waals surface area contributed by atoms with Gasteiger partial charge in [0.25, 0.3) is 0 Å². The highest BCUT2D eigenvalue weighted by molar-refractivity contribution is 9.10. The topological polar surface area (TPSA) is 61.4 Å². The number of hydrogen-bond donors (Lipinski definition) is 2. The molecule has 0 aliphatic rings. The lowest BCUT2D eigenvalue weighted by Crippen LogP contribution is -2.45. The van der Waals surface area contributed by atoms with Crippen LogP contribution in [-0.4, -0.2) is 43.9 Å². The van der Waals surface area contributed by atoms with Gasteiger partial charge in [-0.2, -0.15) is 0 Å². The number of nitrogens with one attached hydrogen (secondary N) is 2. The second-order valence-corrected chi connectivity index (χ2v) is 7.31. The first kappa shape index (κ1) is 19.6. The maximum atomic E-state index is 12.4. The summed E-state index contributed by atoms with van der Waals surface area (Å²) in [5, 5.41) is 5.63. The molecule has 0 saturated heterocycles. The molecule has 1 aromatic rings. The smallest absolute Gasteiger partial charge is 0.239 e. The van der Waals surface area contributed by atoms with Gasteiger partial charge in [-0.05, 0) is 65.5 Å². The Bertz CT molecular complexity index is 571. The summed E-state index contributed by atoms with van der Waals surface area (Å²) in [6.45, 7) is 6.69. The molecule has 1 rings (SSSR count). The van der Waals surface area contributed by atoms with Gasteiger partial charge in [-0.25, -0.2) is 0 Å². The third-order valence-electron chi connectivity index (χ3n) is 3.63. The van der Waals surface area contributed by atoms with Crippen LogP contribution in [0.5, 0.6) is 0 Å². The first-order valence-electron chi connectivity index (χ1n) is 7.65. The molecule has 0 fully saturated rings. The van der Waals surface area contributed by atoms with Gasteiger partial charge in [-0.1, -0.05) is 22.0 Å². The average Bonchev–Trinajstić information content (AvgIpc) is 2.46. The second-order valence-electron chi connectivity index (χ2n) is 6.46. The lowest BCUT2D eigenvalue weighted by molar-refractivity contribution is -0.138. The fourth-order valence-corrected chi connectivity index (χ4v) is 2.26. The molecule has 0 atom stereocenters. The second kappa shape index (κ2) is 8.45. The van der Waals surface area contributed by atoms with Crippen LogP contribution in [0.25, 0.3) is 0 Å². The minimum Gasteiger partial charge on any atom is -0.355 e. The molecule has 128 valence electrons. The van der Waals surface area contributed by atoms with Gasteiger partial charge in [-0.3, -0.25) is 9.59 Å². The third-order valence-corrected chi connectivity index (χ3v) is 4.49. The summed E-state index contributed by atoms with van der Waals surface area (Å²) >= 11 is 3.43. The standard InChI is InChI=1S/C17H26BrN3O2/c1-12-7-8-13(11-14(12)18)20-16(23)17(2,3)15(22)19-9-6-10-21(4)5/h7-8,11H,6,9-10H2,1-5H3,(H,19,22)(H,20,23). The molecule has 0 aliphatic heterocycles.